The fourth-order valence-electron chi connectivity index (χ4n) is 1.32. The summed E-state index contributed by atoms with van der Waals surface area (Å²) in [5.41, 5.74) is 0. The van der Waals surface area contributed by atoms with E-state index in [4.69, 9.17) is 4.74 Å². The molecule has 5 nitrogen and oxygen atoms in total. The summed E-state index contributed by atoms with van der Waals surface area (Å²) in [6.07, 6.45) is 0.0744. The number of amides is 2. The van der Waals surface area contributed by atoms with Gasteiger partial charge in [-0.3, -0.25) is 19.7 Å². The second-order valence-electron chi connectivity index (χ2n) is 3.85. The molecule has 92 valence electrons. The molecular weight excluding hydrogens is 222 g/mol. The second-order valence-corrected chi connectivity index (χ2v) is 3.85. The van der Waals surface area contributed by atoms with Gasteiger partial charge in [0.2, 0.25) is 5.91 Å². The monoisotopic (exact) mass is 237 g/mol. The normalized spacial score (nSPS) is 20.2. The van der Waals surface area contributed by atoms with Gasteiger partial charge >= 0.3 is 5.97 Å². The highest BCUT2D eigenvalue weighted by molar-refractivity contribution is 6.05. The Hall–Kier alpha value is -1.83. The van der Waals surface area contributed by atoms with Crippen molar-refractivity contribution in [2.45, 2.75) is 39.2 Å². The summed E-state index contributed by atoms with van der Waals surface area (Å²) in [6.45, 7) is 3.60. The summed E-state index contributed by atoms with van der Waals surface area (Å²) in [5, 5.41) is 2.08. The Balaban J connectivity index is 2.43. The third-order valence-electron chi connectivity index (χ3n) is 2.30. The van der Waals surface area contributed by atoms with E-state index < -0.39 is 29.8 Å². The number of esters is 1. The number of carbonyl (C=O) groups excluding carboxylic acids is 3. The minimum Gasteiger partial charge on any atom is -0.451 e. The van der Waals surface area contributed by atoms with Crippen LogP contribution in [0, 0.1) is 17.8 Å². The molecule has 2 atom stereocenters. The van der Waals surface area contributed by atoms with Crippen molar-refractivity contribution in [3.05, 3.63) is 0 Å². The number of nitrogens with one attached hydrogen (secondary N) is 1. The van der Waals surface area contributed by atoms with E-state index in [1.54, 1.807) is 6.92 Å². The highest BCUT2D eigenvalue weighted by Gasteiger charge is 2.34. The quantitative estimate of drug-likeness (QED) is 0.437. The van der Waals surface area contributed by atoms with Crippen LogP contribution < -0.4 is 5.32 Å². The van der Waals surface area contributed by atoms with Gasteiger partial charge in [-0.2, -0.15) is 0 Å². The molecule has 0 aromatic rings. The first kappa shape index (κ1) is 13.2. The zero-order chi connectivity index (χ0) is 12.8. The number of carbonyl (C=O) groups is 3. The molecule has 0 saturated carbocycles. The van der Waals surface area contributed by atoms with Gasteiger partial charge in [0.1, 0.15) is 0 Å². The van der Waals surface area contributed by atoms with E-state index >= 15 is 0 Å². The molecule has 17 heavy (non-hydrogen) atoms. The summed E-state index contributed by atoms with van der Waals surface area (Å²) in [7, 11) is 0. The SMILES string of the molecule is CCC#CCC(C)C(=O)OC1CC(=O)NC1=O. The van der Waals surface area contributed by atoms with Crippen LogP contribution in [-0.2, 0) is 19.1 Å². The number of hydrogen-bond donors (Lipinski definition) is 1. The van der Waals surface area contributed by atoms with Crippen LogP contribution in [0.1, 0.15) is 33.1 Å². The Kier molecular flexibility index (Phi) is 4.70. The molecule has 0 radical (unpaired) electrons. The third-order valence-corrected chi connectivity index (χ3v) is 2.30. The summed E-state index contributed by atoms with van der Waals surface area (Å²) in [6, 6.07) is 0. The predicted molar refractivity (Wildman–Crippen MR) is 59.5 cm³/mol. The first-order valence-corrected chi connectivity index (χ1v) is 5.54. The molecule has 1 aliphatic rings. The van der Waals surface area contributed by atoms with Crippen molar-refractivity contribution in [2.75, 3.05) is 0 Å². The van der Waals surface area contributed by atoms with E-state index in [0.717, 1.165) is 6.42 Å². The summed E-state index contributed by atoms with van der Waals surface area (Å²) in [4.78, 5) is 33.6. The molecular formula is C12H15NO4. The minimum absolute atomic E-state index is 0.0854. The lowest BCUT2D eigenvalue weighted by molar-refractivity contribution is -0.157. The van der Waals surface area contributed by atoms with Crippen LogP contribution in [-0.4, -0.2) is 23.9 Å². The highest BCUT2D eigenvalue weighted by Crippen LogP contribution is 2.11. The molecule has 0 spiro atoms. The average Bonchev–Trinajstić information content (AvgIpc) is 2.57. The van der Waals surface area contributed by atoms with Gasteiger partial charge in [-0.25, -0.2) is 0 Å². The van der Waals surface area contributed by atoms with Crippen molar-refractivity contribution in [2.24, 2.45) is 5.92 Å². The molecule has 1 fully saturated rings. The number of hydrogen-bond acceptors (Lipinski definition) is 4. The smallest absolute Gasteiger partial charge is 0.310 e. The fourth-order valence-corrected chi connectivity index (χ4v) is 1.32. The standard InChI is InChI=1S/C12H15NO4/c1-3-4-5-6-8(2)12(16)17-9-7-10(14)13-11(9)15/h8-9H,3,6-7H2,1-2H3,(H,13,14,15). The highest BCUT2D eigenvalue weighted by atomic mass is 16.5. The van der Waals surface area contributed by atoms with Gasteiger partial charge in [0, 0.05) is 12.8 Å². The van der Waals surface area contributed by atoms with Crippen molar-refractivity contribution in [1.82, 2.24) is 5.32 Å². The lowest BCUT2D eigenvalue weighted by Gasteiger charge is -2.11. The average molecular weight is 237 g/mol. The summed E-state index contributed by atoms with van der Waals surface area (Å²) < 4.78 is 4.95. The van der Waals surface area contributed by atoms with Gasteiger partial charge in [-0.15, -0.1) is 11.8 Å². The van der Waals surface area contributed by atoms with Crippen LogP contribution in [0.5, 0.6) is 0 Å². The first-order valence-electron chi connectivity index (χ1n) is 5.54. The molecule has 0 bridgehead atoms. The fraction of sp³-hybridized carbons (Fsp3) is 0.583. The summed E-state index contributed by atoms with van der Waals surface area (Å²) in [5.74, 6) is 3.85. The van der Waals surface area contributed by atoms with Gasteiger partial charge in [0.25, 0.3) is 5.91 Å². The predicted octanol–water partition coefficient (Wildman–Crippen LogP) is 0.384. The molecule has 1 aliphatic heterocycles. The van der Waals surface area contributed by atoms with Crippen molar-refractivity contribution in [3.8, 4) is 11.8 Å². The molecule has 1 rings (SSSR count). The largest absolute Gasteiger partial charge is 0.451 e. The second kappa shape index (κ2) is 6.04. The van der Waals surface area contributed by atoms with Gasteiger partial charge < -0.3 is 4.74 Å². The maximum Gasteiger partial charge on any atom is 0.310 e. The molecule has 0 aromatic heterocycles. The molecule has 0 aromatic carbocycles. The Morgan fingerprint density at radius 1 is 1.53 bits per heavy atom. The van der Waals surface area contributed by atoms with Crippen LogP contribution in [0.15, 0.2) is 0 Å². The number of ether oxygens (including phenoxy) is 1. The molecule has 0 aliphatic carbocycles. The molecule has 1 heterocycles. The van der Waals surface area contributed by atoms with Gasteiger partial charge in [-0.05, 0) is 0 Å². The van der Waals surface area contributed by atoms with Crippen LogP contribution in [0.2, 0.25) is 0 Å². The first-order chi connectivity index (χ1) is 8.04. The Labute approximate surface area is 99.9 Å². The zero-order valence-electron chi connectivity index (χ0n) is 9.91. The van der Waals surface area contributed by atoms with E-state index in [9.17, 15) is 14.4 Å². The van der Waals surface area contributed by atoms with Gasteiger partial charge in [0.15, 0.2) is 6.10 Å². The van der Waals surface area contributed by atoms with Crippen molar-refractivity contribution >= 4 is 17.8 Å². The van der Waals surface area contributed by atoms with Crippen molar-refractivity contribution < 1.29 is 19.1 Å². The molecule has 5 heteroatoms. The number of rotatable bonds is 3. The van der Waals surface area contributed by atoms with E-state index in [1.165, 1.54) is 0 Å². The lowest BCUT2D eigenvalue weighted by Crippen LogP contribution is -2.30. The molecule has 2 unspecified atom stereocenters. The Bertz CT molecular complexity index is 391. The van der Waals surface area contributed by atoms with Gasteiger partial charge in [-0.1, -0.05) is 13.8 Å². The van der Waals surface area contributed by atoms with Crippen molar-refractivity contribution in [3.63, 3.8) is 0 Å². The third kappa shape index (κ3) is 3.91. The molecule has 1 N–H and O–H groups in total. The maximum atomic E-state index is 11.6. The summed E-state index contributed by atoms with van der Waals surface area (Å²) >= 11 is 0. The van der Waals surface area contributed by atoms with E-state index in [1.807, 2.05) is 6.92 Å². The van der Waals surface area contributed by atoms with E-state index in [2.05, 4.69) is 17.2 Å². The van der Waals surface area contributed by atoms with Gasteiger partial charge in [0.05, 0.1) is 12.3 Å². The Morgan fingerprint density at radius 2 is 2.24 bits per heavy atom. The molecule has 1 saturated heterocycles. The van der Waals surface area contributed by atoms with Crippen LogP contribution >= 0.6 is 0 Å². The van der Waals surface area contributed by atoms with Crippen LogP contribution in [0.25, 0.3) is 0 Å². The zero-order valence-corrected chi connectivity index (χ0v) is 9.91. The lowest BCUT2D eigenvalue weighted by atomic mass is 10.1. The van der Waals surface area contributed by atoms with E-state index in [0.29, 0.717) is 6.42 Å². The van der Waals surface area contributed by atoms with Crippen molar-refractivity contribution in [1.29, 1.82) is 0 Å². The minimum atomic E-state index is -0.975. The topological polar surface area (TPSA) is 72.5 Å². The maximum absolute atomic E-state index is 11.6. The van der Waals surface area contributed by atoms with Crippen LogP contribution in [0.4, 0.5) is 0 Å². The van der Waals surface area contributed by atoms with Crippen LogP contribution in [0.3, 0.4) is 0 Å². The Morgan fingerprint density at radius 3 is 2.76 bits per heavy atom. The van der Waals surface area contributed by atoms with E-state index in [-0.39, 0.29) is 6.42 Å². The molecule has 2 amide bonds. The number of imide groups is 1.